The van der Waals surface area contributed by atoms with E-state index in [0.29, 0.717) is 17.8 Å². The minimum Gasteiger partial charge on any atom is -0.291 e. The molecule has 3 aliphatic carbocycles. The number of para-hydroxylation sites is 7. The Hall–Kier alpha value is -16.9. The first-order valence-electron chi connectivity index (χ1n) is 41.4. The second-order valence-corrected chi connectivity index (χ2v) is 31.8. The normalized spacial score (nSPS) is 12.3. The molecule has 10 aromatic heterocycles. The van der Waals surface area contributed by atoms with Gasteiger partial charge >= 0.3 is 0 Å². The molecule has 0 fully saturated rings. The fourth-order valence-electron chi connectivity index (χ4n) is 19.6. The molecule has 0 radical (unpaired) electrons. The Bertz CT molecular complexity index is 7810. The molecule has 0 saturated carbocycles. The van der Waals surface area contributed by atoms with Crippen molar-refractivity contribution in [3.8, 4) is 169 Å². The van der Waals surface area contributed by atoms with Crippen molar-refractivity contribution in [2.45, 2.75) is 12.8 Å². The van der Waals surface area contributed by atoms with Crippen LogP contribution in [0.4, 0.5) is 0 Å². The quantitative estimate of drug-likeness (QED) is 0.168. The van der Waals surface area contributed by atoms with Crippen LogP contribution in [-0.4, -0.2) is 76.7 Å². The van der Waals surface area contributed by atoms with Crippen LogP contribution in [0, 0.1) is 0 Å². The van der Waals surface area contributed by atoms with Gasteiger partial charge in [0.15, 0.2) is 5.65 Å². The van der Waals surface area contributed by atoms with Gasteiger partial charge in [0, 0.05) is 113 Å². The summed E-state index contributed by atoms with van der Waals surface area (Å²) in [6.07, 6.45) is 20.4. The van der Waals surface area contributed by atoms with E-state index in [2.05, 4.69) is 342 Å². The molecule has 28 rings (SSSR count). The van der Waals surface area contributed by atoms with E-state index >= 15 is 0 Å². The van der Waals surface area contributed by atoms with Crippen LogP contribution >= 0.6 is 0 Å². The summed E-state index contributed by atoms with van der Waals surface area (Å²) in [5.74, 6) is 6.57. The van der Waals surface area contributed by atoms with Gasteiger partial charge in [0.05, 0.1) is 39.3 Å². The average Bonchev–Trinajstić information content (AvgIpc) is 1.78. The van der Waals surface area contributed by atoms with Crippen molar-refractivity contribution in [1.82, 2.24) is 76.7 Å². The van der Waals surface area contributed by atoms with Crippen molar-refractivity contribution < 1.29 is 0 Å². The van der Waals surface area contributed by atoms with E-state index in [9.17, 15) is 0 Å². The zero-order valence-electron chi connectivity index (χ0n) is 65.9. The summed E-state index contributed by atoms with van der Waals surface area (Å²) in [5, 5.41) is 0. The van der Waals surface area contributed by atoms with Gasteiger partial charge in [-0.1, -0.05) is 273 Å². The van der Waals surface area contributed by atoms with Gasteiger partial charge in [-0.15, -0.1) is 0 Å². The first-order chi connectivity index (χ1) is 61.0. The summed E-state index contributed by atoms with van der Waals surface area (Å²) in [4.78, 5) is 44.7. The molecule has 0 N–H and O–H groups in total. The maximum Gasteiger partial charge on any atom is 0.235 e. The fourth-order valence-corrected chi connectivity index (χ4v) is 19.6. The number of imidazole rings is 4. The standard InChI is InChI=1S/C39H24N6.2C34H21N5/c1-2-12-25(13-3-1)44-36-22-40-38(42-37(36)45-35-21-11-10-20-34(35)41-39(44)45)43-23-32-30-18-8-6-16-28(30)26-14-4-5-15-27(26)29-17-7-9-19-31(29)33(32)24-43;2*1-2-10-23-22(9-1)24-11-3-5-13-26(24)28-19-38(20-29(28)27-14-6-4-12-25(23)27)34-35-18-21-17-32-36-30-15-7-8-16-31(30)39(32)33(21)37-34/h1-24H;2*1-16,18-20H,17H2. The highest BCUT2D eigenvalue weighted by atomic mass is 15.3. The Balaban J connectivity index is 0.0000000993. The molecule has 0 unspecified atom stereocenters. The van der Waals surface area contributed by atoms with E-state index in [1.165, 1.54) is 122 Å². The molecule has 574 valence electrons. The molecule has 13 aromatic carbocycles. The summed E-state index contributed by atoms with van der Waals surface area (Å²) in [7, 11) is 0. The third kappa shape index (κ3) is 10.5. The summed E-state index contributed by atoms with van der Waals surface area (Å²) >= 11 is 0. The van der Waals surface area contributed by atoms with Crippen molar-refractivity contribution in [3.63, 3.8) is 0 Å². The van der Waals surface area contributed by atoms with Crippen molar-refractivity contribution in [1.29, 1.82) is 0 Å². The molecular weight excluding hydrogens is 1510 g/mol. The summed E-state index contributed by atoms with van der Waals surface area (Å²) in [6, 6.07) is 113. The third-order valence-electron chi connectivity index (χ3n) is 25.0. The number of nitrogens with zero attached hydrogens (tertiary/aromatic N) is 16. The molecule has 123 heavy (non-hydrogen) atoms. The van der Waals surface area contributed by atoms with Crippen molar-refractivity contribution in [3.05, 3.63) is 400 Å². The molecule has 0 amide bonds. The molecule has 16 heteroatoms. The zero-order valence-corrected chi connectivity index (χ0v) is 65.9. The number of benzene rings is 13. The van der Waals surface area contributed by atoms with E-state index in [1.807, 2.05) is 67.1 Å². The van der Waals surface area contributed by atoms with Gasteiger partial charge in [-0.05, 0) is 149 Å². The van der Waals surface area contributed by atoms with E-state index in [-0.39, 0.29) is 0 Å². The van der Waals surface area contributed by atoms with Crippen LogP contribution in [0.2, 0.25) is 0 Å². The Morgan fingerprint density at radius 2 is 0.463 bits per heavy atom. The lowest BCUT2D eigenvalue weighted by atomic mass is 9.82. The minimum absolute atomic E-state index is 0.603. The first-order valence-corrected chi connectivity index (χ1v) is 41.4. The monoisotopic (exact) mass is 1570 g/mol. The topological polar surface area (TPSA) is 150 Å². The van der Waals surface area contributed by atoms with Crippen LogP contribution < -0.4 is 0 Å². The molecule has 0 spiro atoms. The maximum atomic E-state index is 5.24. The first kappa shape index (κ1) is 68.2. The molecular formula is C107H66N16. The lowest BCUT2D eigenvalue weighted by Gasteiger charge is -2.20. The van der Waals surface area contributed by atoms with E-state index < -0.39 is 0 Å². The predicted molar refractivity (Wildman–Crippen MR) is 488 cm³/mol. The van der Waals surface area contributed by atoms with Crippen LogP contribution in [0.5, 0.6) is 0 Å². The summed E-state index contributed by atoms with van der Waals surface area (Å²) in [5.41, 5.74) is 40.0. The van der Waals surface area contributed by atoms with Gasteiger partial charge in [-0.25, -0.2) is 29.9 Å². The maximum absolute atomic E-state index is 5.24. The molecule has 5 aliphatic rings. The number of aromatic nitrogens is 16. The molecule has 12 heterocycles. The van der Waals surface area contributed by atoms with Crippen LogP contribution in [0.15, 0.2) is 377 Å². The molecule has 16 nitrogen and oxygen atoms in total. The van der Waals surface area contributed by atoms with Crippen LogP contribution in [0.25, 0.3) is 219 Å². The zero-order chi connectivity index (χ0) is 80.5. The molecule has 2 aliphatic heterocycles. The van der Waals surface area contributed by atoms with Crippen LogP contribution in [-0.2, 0) is 12.8 Å². The summed E-state index contributed by atoms with van der Waals surface area (Å²) in [6.45, 7) is 0. The highest BCUT2D eigenvalue weighted by Crippen LogP contribution is 2.53. The Morgan fingerprint density at radius 1 is 0.203 bits per heavy atom. The fraction of sp³-hybridized carbons (Fsp3) is 0.0187. The summed E-state index contributed by atoms with van der Waals surface area (Å²) < 4.78 is 14.9. The number of hydrogen-bond acceptors (Lipinski definition) is 9. The number of rotatable bonds is 4. The van der Waals surface area contributed by atoms with Crippen molar-refractivity contribution in [2.75, 3.05) is 0 Å². The smallest absolute Gasteiger partial charge is 0.235 e. The Labute approximate surface area is 703 Å². The predicted octanol–water partition coefficient (Wildman–Crippen LogP) is 24.0. The van der Waals surface area contributed by atoms with Crippen molar-refractivity contribution in [2.24, 2.45) is 0 Å². The minimum atomic E-state index is 0.603. The SMILES string of the molecule is c1ccc(-n2c3cnc(-n4cc5c(c4)-c4ccccc4-c4ccccc4-c4ccccc4-5)nc3n3c4ccccc4nc23)cc1.c1ccc2c(c1)-c1ccccc1-c1cn(-c3ncc4c(n3)-n3c(nc5ccccc53)C4)cc1-c1ccccc1-2.c1ccc2c(c1)-c1ccccc1-c1cn(-c3ncc4c(n3)-n3c(nc5ccccc53)C4)cc1-c1ccccc1-2. The van der Waals surface area contributed by atoms with Gasteiger partial charge in [-0.2, -0.15) is 15.0 Å². The van der Waals surface area contributed by atoms with Gasteiger partial charge < -0.3 is 0 Å². The van der Waals surface area contributed by atoms with Crippen LogP contribution in [0.1, 0.15) is 22.8 Å². The highest BCUT2D eigenvalue weighted by molar-refractivity contribution is 6.07. The highest BCUT2D eigenvalue weighted by Gasteiger charge is 2.32. The molecule has 23 aromatic rings. The average molecular weight is 1580 g/mol. The lowest BCUT2D eigenvalue weighted by molar-refractivity contribution is 0.905. The lowest BCUT2D eigenvalue weighted by Crippen LogP contribution is -2.03. The van der Waals surface area contributed by atoms with E-state index in [0.717, 1.165) is 114 Å². The van der Waals surface area contributed by atoms with Crippen LogP contribution in [0.3, 0.4) is 0 Å². The van der Waals surface area contributed by atoms with Gasteiger partial charge in [0.1, 0.15) is 28.8 Å². The van der Waals surface area contributed by atoms with Gasteiger partial charge in [0.25, 0.3) is 0 Å². The van der Waals surface area contributed by atoms with E-state index in [4.69, 9.17) is 44.9 Å². The Kier molecular flexibility index (Phi) is 14.9. The molecule has 0 atom stereocenters. The second kappa shape index (κ2) is 26.8. The number of fused-ring (bicyclic) bond motifs is 39. The van der Waals surface area contributed by atoms with Crippen molar-refractivity contribution >= 4 is 50.0 Å². The Morgan fingerprint density at radius 3 is 0.789 bits per heavy atom. The third-order valence-corrected chi connectivity index (χ3v) is 25.0. The van der Waals surface area contributed by atoms with Gasteiger partial charge in [-0.3, -0.25) is 31.8 Å². The second-order valence-electron chi connectivity index (χ2n) is 31.8. The van der Waals surface area contributed by atoms with E-state index in [1.54, 1.807) is 0 Å². The molecule has 0 bridgehead atoms. The number of hydrogen-bond donors (Lipinski definition) is 0. The largest absolute Gasteiger partial charge is 0.291 e. The van der Waals surface area contributed by atoms with Gasteiger partial charge in [0.2, 0.25) is 23.6 Å². The molecule has 0 saturated heterocycles.